The number of methoxy groups -OCH3 is 3. The average Bonchev–Trinajstić information content (AvgIpc) is 2.78. The minimum absolute atomic E-state index is 0.0422. The molecular weight excluding hydrogens is 390 g/mol. The maximum absolute atomic E-state index is 13.0. The summed E-state index contributed by atoms with van der Waals surface area (Å²) in [6.07, 6.45) is -0.112. The molecule has 0 aliphatic rings. The summed E-state index contributed by atoms with van der Waals surface area (Å²) in [4.78, 5) is 36.9. The standard InChI is InChI=1S/C21H21N3O6/c1-28-16-9-8-12(10-17(16)29-2)15(11-18(25)30-3)22-21(27)19-13-6-4-5-7-14(13)20(26)24-23-19/h4-10,15H,11H2,1-3H3,(H,22,27)(H,24,26). The van der Waals surface area contributed by atoms with Crippen molar-refractivity contribution < 1.29 is 23.8 Å². The molecule has 3 aromatic rings. The highest BCUT2D eigenvalue weighted by molar-refractivity contribution is 6.04. The molecule has 9 nitrogen and oxygen atoms in total. The van der Waals surface area contributed by atoms with E-state index in [0.717, 1.165) is 0 Å². The molecule has 1 aromatic heterocycles. The van der Waals surface area contributed by atoms with E-state index in [1.54, 1.807) is 42.5 Å². The fourth-order valence-electron chi connectivity index (χ4n) is 3.09. The summed E-state index contributed by atoms with van der Waals surface area (Å²) in [5.74, 6) is -0.0927. The number of nitrogens with zero attached hydrogens (tertiary/aromatic N) is 1. The Morgan fingerprint density at radius 1 is 1.03 bits per heavy atom. The molecule has 156 valence electrons. The van der Waals surface area contributed by atoms with Crippen molar-refractivity contribution >= 4 is 22.6 Å². The second-order valence-electron chi connectivity index (χ2n) is 6.37. The zero-order valence-electron chi connectivity index (χ0n) is 16.7. The van der Waals surface area contributed by atoms with Crippen LogP contribution in [0.1, 0.15) is 28.5 Å². The van der Waals surface area contributed by atoms with E-state index in [2.05, 4.69) is 15.5 Å². The van der Waals surface area contributed by atoms with Gasteiger partial charge in [-0.25, -0.2) is 5.10 Å². The molecule has 0 saturated carbocycles. The van der Waals surface area contributed by atoms with E-state index in [1.807, 2.05) is 0 Å². The van der Waals surface area contributed by atoms with E-state index in [-0.39, 0.29) is 12.1 Å². The van der Waals surface area contributed by atoms with Crippen LogP contribution in [-0.4, -0.2) is 43.4 Å². The highest BCUT2D eigenvalue weighted by Crippen LogP contribution is 2.31. The number of hydrogen-bond donors (Lipinski definition) is 2. The van der Waals surface area contributed by atoms with Gasteiger partial charge in [-0.2, -0.15) is 5.10 Å². The van der Waals surface area contributed by atoms with Crippen molar-refractivity contribution in [3.63, 3.8) is 0 Å². The van der Waals surface area contributed by atoms with Gasteiger partial charge in [0.2, 0.25) is 0 Å². The van der Waals surface area contributed by atoms with Crippen molar-refractivity contribution in [2.45, 2.75) is 12.5 Å². The van der Waals surface area contributed by atoms with Gasteiger partial charge in [0.1, 0.15) is 0 Å². The lowest BCUT2D eigenvalue weighted by Gasteiger charge is -2.20. The largest absolute Gasteiger partial charge is 0.493 e. The van der Waals surface area contributed by atoms with Crippen LogP contribution in [0.5, 0.6) is 11.5 Å². The Kier molecular flexibility index (Phi) is 6.31. The normalized spacial score (nSPS) is 11.6. The SMILES string of the molecule is COC(=O)CC(NC(=O)c1n[nH]c(=O)c2ccccc12)c1ccc(OC)c(OC)c1. The first-order valence-electron chi connectivity index (χ1n) is 9.05. The smallest absolute Gasteiger partial charge is 0.307 e. The molecule has 1 heterocycles. The molecule has 2 aromatic carbocycles. The van der Waals surface area contributed by atoms with E-state index < -0.39 is 23.5 Å². The van der Waals surface area contributed by atoms with Crippen molar-refractivity contribution in [3.8, 4) is 11.5 Å². The van der Waals surface area contributed by atoms with Crippen LogP contribution in [0, 0.1) is 0 Å². The van der Waals surface area contributed by atoms with Gasteiger partial charge in [-0.05, 0) is 23.8 Å². The van der Waals surface area contributed by atoms with Gasteiger partial charge in [-0.15, -0.1) is 0 Å². The summed E-state index contributed by atoms with van der Waals surface area (Å²) in [6, 6.07) is 11.0. The van der Waals surface area contributed by atoms with Crippen LogP contribution in [0.15, 0.2) is 47.3 Å². The topological polar surface area (TPSA) is 120 Å². The summed E-state index contributed by atoms with van der Waals surface area (Å²) < 4.78 is 15.3. The molecule has 3 rings (SSSR count). The minimum Gasteiger partial charge on any atom is -0.493 e. The minimum atomic E-state index is -0.725. The number of aromatic nitrogens is 2. The lowest BCUT2D eigenvalue weighted by Crippen LogP contribution is -2.32. The zero-order chi connectivity index (χ0) is 21.7. The van der Waals surface area contributed by atoms with E-state index in [1.165, 1.54) is 21.3 Å². The number of fused-ring (bicyclic) bond motifs is 1. The number of carbonyl (C=O) groups is 2. The fraction of sp³-hybridized carbons (Fsp3) is 0.238. The van der Waals surface area contributed by atoms with E-state index in [9.17, 15) is 14.4 Å². The number of H-pyrrole nitrogens is 1. The van der Waals surface area contributed by atoms with Crippen LogP contribution in [0.4, 0.5) is 0 Å². The number of hydrogen-bond acceptors (Lipinski definition) is 7. The summed E-state index contributed by atoms with van der Waals surface area (Å²) in [5, 5.41) is 9.77. The monoisotopic (exact) mass is 411 g/mol. The molecule has 0 bridgehead atoms. The van der Waals surface area contributed by atoms with Crippen molar-refractivity contribution in [1.29, 1.82) is 0 Å². The molecule has 0 spiro atoms. The summed E-state index contributed by atoms with van der Waals surface area (Å²) in [5.41, 5.74) is 0.258. The van der Waals surface area contributed by atoms with Gasteiger partial charge in [0.05, 0.1) is 39.2 Å². The van der Waals surface area contributed by atoms with Crippen molar-refractivity contribution in [2.24, 2.45) is 0 Å². The van der Waals surface area contributed by atoms with Crippen LogP contribution in [0.2, 0.25) is 0 Å². The van der Waals surface area contributed by atoms with Gasteiger partial charge >= 0.3 is 5.97 Å². The third kappa shape index (κ3) is 4.24. The van der Waals surface area contributed by atoms with Gasteiger partial charge in [0, 0.05) is 5.39 Å². The van der Waals surface area contributed by atoms with Crippen LogP contribution in [0.25, 0.3) is 10.8 Å². The van der Waals surface area contributed by atoms with E-state index in [4.69, 9.17) is 14.2 Å². The average molecular weight is 411 g/mol. The van der Waals surface area contributed by atoms with Crippen LogP contribution >= 0.6 is 0 Å². The molecule has 0 aliphatic carbocycles. The third-order valence-electron chi connectivity index (χ3n) is 4.62. The Hall–Kier alpha value is -3.88. The van der Waals surface area contributed by atoms with Gasteiger partial charge in [-0.1, -0.05) is 24.3 Å². The first-order valence-corrected chi connectivity index (χ1v) is 9.05. The summed E-state index contributed by atoms with van der Waals surface area (Å²) >= 11 is 0. The predicted octanol–water partition coefficient (Wildman–Crippen LogP) is 1.97. The molecule has 0 radical (unpaired) electrons. The highest BCUT2D eigenvalue weighted by atomic mass is 16.5. The Balaban J connectivity index is 1.98. The Morgan fingerprint density at radius 3 is 2.40 bits per heavy atom. The Labute approximate surface area is 172 Å². The first kappa shape index (κ1) is 20.8. The molecule has 1 unspecified atom stereocenters. The second kappa shape index (κ2) is 9.08. The quantitative estimate of drug-likeness (QED) is 0.571. The maximum atomic E-state index is 13.0. The molecule has 9 heteroatoms. The van der Waals surface area contributed by atoms with Gasteiger partial charge < -0.3 is 19.5 Å². The van der Waals surface area contributed by atoms with Crippen LogP contribution in [-0.2, 0) is 9.53 Å². The molecular formula is C21H21N3O6. The lowest BCUT2D eigenvalue weighted by molar-refractivity contribution is -0.141. The fourth-order valence-corrected chi connectivity index (χ4v) is 3.09. The van der Waals surface area contributed by atoms with Gasteiger partial charge in [0.15, 0.2) is 17.2 Å². The number of benzene rings is 2. The maximum Gasteiger partial charge on any atom is 0.307 e. The first-order chi connectivity index (χ1) is 14.5. The zero-order valence-corrected chi connectivity index (χ0v) is 16.7. The number of esters is 1. The molecule has 2 N–H and O–H groups in total. The summed E-state index contributed by atoms with van der Waals surface area (Å²) in [7, 11) is 4.27. The Morgan fingerprint density at radius 2 is 1.73 bits per heavy atom. The molecule has 0 saturated heterocycles. The van der Waals surface area contributed by atoms with E-state index >= 15 is 0 Å². The third-order valence-corrected chi connectivity index (χ3v) is 4.62. The number of carbonyl (C=O) groups excluding carboxylic acids is 2. The number of aromatic amines is 1. The van der Waals surface area contributed by atoms with Crippen molar-refractivity contribution in [2.75, 3.05) is 21.3 Å². The van der Waals surface area contributed by atoms with Crippen LogP contribution < -0.4 is 20.3 Å². The molecule has 0 aliphatic heterocycles. The predicted molar refractivity (Wildman–Crippen MR) is 109 cm³/mol. The van der Waals surface area contributed by atoms with Gasteiger partial charge in [0.25, 0.3) is 11.5 Å². The highest BCUT2D eigenvalue weighted by Gasteiger charge is 2.23. The summed E-state index contributed by atoms with van der Waals surface area (Å²) in [6.45, 7) is 0. The van der Waals surface area contributed by atoms with Crippen LogP contribution in [0.3, 0.4) is 0 Å². The van der Waals surface area contributed by atoms with Crippen molar-refractivity contribution in [1.82, 2.24) is 15.5 Å². The van der Waals surface area contributed by atoms with Gasteiger partial charge in [-0.3, -0.25) is 14.4 Å². The molecule has 0 fully saturated rings. The second-order valence-corrected chi connectivity index (χ2v) is 6.37. The number of rotatable bonds is 7. The van der Waals surface area contributed by atoms with Crippen molar-refractivity contribution in [3.05, 3.63) is 64.1 Å². The number of nitrogens with one attached hydrogen (secondary N) is 2. The molecule has 1 amide bonds. The molecule has 30 heavy (non-hydrogen) atoms. The Bertz CT molecular complexity index is 1140. The lowest BCUT2D eigenvalue weighted by atomic mass is 10.0. The number of amides is 1. The molecule has 1 atom stereocenters. The van der Waals surface area contributed by atoms with E-state index in [0.29, 0.717) is 27.8 Å². The number of ether oxygens (including phenoxy) is 3.